The highest BCUT2D eigenvalue weighted by molar-refractivity contribution is 7.93. The van der Waals surface area contributed by atoms with Crippen LogP contribution < -0.4 is 32.7 Å². The van der Waals surface area contributed by atoms with E-state index in [4.69, 9.17) is 5.26 Å². The fraction of sp³-hybridized carbons (Fsp3) is 0.0750. The summed E-state index contributed by atoms with van der Waals surface area (Å²) >= 11 is 0.867. The second-order valence-electron chi connectivity index (χ2n) is 11.5. The lowest BCUT2D eigenvalue weighted by molar-refractivity contribution is -0.777. The molecule has 0 aliphatic heterocycles. The molecule has 57 heavy (non-hydrogen) atoms. The molecule has 300 valence electrons. The van der Waals surface area contributed by atoms with Crippen LogP contribution in [-0.4, -0.2) is 41.3 Å². The van der Waals surface area contributed by atoms with Gasteiger partial charge in [-0.05, 0) is 83.0 Å². The van der Waals surface area contributed by atoms with Gasteiger partial charge in [0.15, 0.2) is 0 Å². The number of allylic oxidation sites excluding steroid dienone is 5. The molecule has 1 aliphatic carbocycles. The standard InChI is InChI=1S/C37H29N3.2CH5NO3S.CH4O3S/c1-4-10-31(11-5-1)38-34-22-16-28(17-23-34)37(29-18-24-35(25-19-29)39-32-12-6-2-7-13-32)30-20-26-36(27-21-30)40-33-14-8-3-9-15-33;2*1-6(3,4)5-2;1-5-4-3-2/h1-27,38-39H;2*2H2,1H3;2H,1H3. The Kier molecular flexibility index (Phi) is 19.5. The fourth-order valence-corrected chi connectivity index (χ4v) is 4.81. The van der Waals surface area contributed by atoms with Crippen molar-refractivity contribution in [3.63, 3.8) is 0 Å². The van der Waals surface area contributed by atoms with E-state index in [1.807, 2.05) is 54.6 Å². The SMILES string of the molecule is C1=CC(=C(c2ccc(Nc3ccccc3)cc2)c2ccc(Nc3ccccc3)cc2)C=CC1=[NH+]c1ccccc1.CS(=O)(=O)ON.CS(=O)(=O)ON.CSOO[O-]. The Morgan fingerprint density at radius 2 is 0.930 bits per heavy atom. The summed E-state index contributed by atoms with van der Waals surface area (Å²) in [6, 6.07) is 48.0. The van der Waals surface area contributed by atoms with E-state index in [1.54, 1.807) is 6.26 Å². The highest BCUT2D eigenvalue weighted by Crippen LogP contribution is 2.32. The van der Waals surface area contributed by atoms with Crippen molar-refractivity contribution in [2.24, 2.45) is 11.8 Å². The third-order valence-electron chi connectivity index (χ3n) is 7.15. The predicted octanol–water partition coefficient (Wildman–Crippen LogP) is 5.12. The molecule has 0 fully saturated rings. The Hall–Kier alpha value is -5.44. The van der Waals surface area contributed by atoms with Gasteiger partial charge in [0.25, 0.3) is 20.2 Å². The summed E-state index contributed by atoms with van der Waals surface area (Å²) < 4.78 is 49.1. The quantitative estimate of drug-likeness (QED) is 0.0664. The molecule has 0 spiro atoms. The van der Waals surface area contributed by atoms with Gasteiger partial charge >= 0.3 is 0 Å². The third kappa shape index (κ3) is 18.4. The zero-order chi connectivity index (χ0) is 41.5. The average Bonchev–Trinajstić information content (AvgIpc) is 3.22. The minimum atomic E-state index is -3.38. The number of hydrogen-bond acceptors (Lipinski definition) is 14. The van der Waals surface area contributed by atoms with E-state index in [1.165, 1.54) is 5.57 Å². The van der Waals surface area contributed by atoms with Gasteiger partial charge in [-0.25, -0.2) is 4.99 Å². The maximum Gasteiger partial charge on any atom is 0.280 e. The lowest BCUT2D eigenvalue weighted by atomic mass is 9.90. The van der Waals surface area contributed by atoms with E-state index in [0.29, 0.717) is 0 Å². The van der Waals surface area contributed by atoms with E-state index in [2.05, 4.69) is 155 Å². The first kappa shape index (κ1) is 45.9. The largest absolute Gasteiger partial charge is 0.691 e. The van der Waals surface area contributed by atoms with Gasteiger partial charge in [-0.3, -0.25) is 5.04 Å². The summed E-state index contributed by atoms with van der Waals surface area (Å²) in [5, 5.41) is 18.7. The van der Waals surface area contributed by atoms with Gasteiger partial charge in [-0.15, -0.1) is 0 Å². The van der Waals surface area contributed by atoms with Crippen LogP contribution in [0.5, 0.6) is 0 Å². The summed E-state index contributed by atoms with van der Waals surface area (Å²) in [7, 11) is -6.77. The molecule has 7 N–H and O–H groups in total. The third-order valence-corrected chi connectivity index (χ3v) is 8.04. The molecule has 0 aromatic heterocycles. The Bertz CT molecular complexity index is 2150. The Morgan fingerprint density at radius 3 is 1.25 bits per heavy atom. The van der Waals surface area contributed by atoms with Gasteiger partial charge < -0.3 is 15.9 Å². The van der Waals surface area contributed by atoms with Crippen LogP contribution in [0.25, 0.3) is 5.57 Å². The van der Waals surface area contributed by atoms with Crippen LogP contribution in [0.4, 0.5) is 28.4 Å². The van der Waals surface area contributed by atoms with Crippen LogP contribution in [0.15, 0.2) is 169 Å². The smallest absolute Gasteiger partial charge is 0.280 e. The number of para-hydroxylation sites is 3. The van der Waals surface area contributed by atoms with Crippen molar-refractivity contribution in [1.82, 2.24) is 0 Å². The topological polar surface area (TPSA) is 218 Å². The summed E-state index contributed by atoms with van der Waals surface area (Å²) in [5.41, 5.74) is 11.0. The second-order valence-corrected chi connectivity index (χ2v) is 15.2. The Balaban J connectivity index is 0.000000431. The molecule has 1 aliphatic rings. The average molecular weight is 834 g/mol. The van der Waals surface area contributed by atoms with E-state index in [-0.39, 0.29) is 0 Å². The normalized spacial score (nSPS) is 11.8. The van der Waals surface area contributed by atoms with Crippen molar-refractivity contribution < 1.29 is 45.0 Å². The van der Waals surface area contributed by atoms with E-state index in [9.17, 15) is 16.8 Å². The van der Waals surface area contributed by atoms with Crippen LogP contribution in [0.1, 0.15) is 11.1 Å². The van der Waals surface area contributed by atoms with Crippen LogP contribution in [0.2, 0.25) is 0 Å². The van der Waals surface area contributed by atoms with Crippen molar-refractivity contribution in [3.05, 3.63) is 181 Å². The molecule has 5 aromatic carbocycles. The van der Waals surface area contributed by atoms with Crippen LogP contribution in [-0.2, 0) is 38.2 Å². The number of rotatable bonds is 11. The van der Waals surface area contributed by atoms with E-state index in [0.717, 1.165) is 75.4 Å². The van der Waals surface area contributed by atoms with Crippen molar-refractivity contribution in [2.45, 2.75) is 0 Å². The van der Waals surface area contributed by atoms with Crippen molar-refractivity contribution in [2.75, 3.05) is 29.4 Å². The summed E-state index contributed by atoms with van der Waals surface area (Å²) in [4.78, 5) is 3.49. The molecule has 0 heterocycles. The Labute approximate surface area is 337 Å². The molecule has 0 bridgehead atoms. The first-order valence-electron chi connectivity index (χ1n) is 16.6. The summed E-state index contributed by atoms with van der Waals surface area (Å²) in [6.07, 6.45) is 12.0. The van der Waals surface area contributed by atoms with Crippen LogP contribution >= 0.6 is 12.0 Å². The lowest BCUT2D eigenvalue weighted by Gasteiger charge is -2.15. The molecule has 14 nitrogen and oxygen atoms in total. The monoisotopic (exact) mass is 833 g/mol. The number of nitrogens with one attached hydrogen (secondary N) is 3. The molecule has 0 unspecified atom stereocenters. The number of anilines is 4. The predicted molar refractivity (Wildman–Crippen MR) is 225 cm³/mol. The first-order valence-corrected chi connectivity index (χ1v) is 21.4. The number of hydrogen-bond donors (Lipinski definition) is 5. The summed E-state index contributed by atoms with van der Waals surface area (Å²) in [6.45, 7) is 0. The number of benzene rings is 5. The molecule has 0 atom stereocenters. The molecule has 0 amide bonds. The first-order chi connectivity index (χ1) is 27.3. The van der Waals surface area contributed by atoms with Gasteiger partial charge in [-0.1, -0.05) is 78.9 Å². The van der Waals surface area contributed by atoms with Crippen LogP contribution in [0.3, 0.4) is 0 Å². The van der Waals surface area contributed by atoms with Gasteiger partial charge in [0.05, 0.1) is 12.5 Å². The second kappa shape index (κ2) is 24.3. The molecule has 17 heteroatoms. The maximum atomic E-state index is 9.65. The highest BCUT2D eigenvalue weighted by atomic mass is 32.2. The van der Waals surface area contributed by atoms with Crippen molar-refractivity contribution in [3.8, 4) is 0 Å². The highest BCUT2D eigenvalue weighted by Gasteiger charge is 2.13. The van der Waals surface area contributed by atoms with Gasteiger partial charge in [0, 0.05) is 65.3 Å². The van der Waals surface area contributed by atoms with E-state index < -0.39 is 20.2 Å². The maximum absolute atomic E-state index is 9.65. The lowest BCUT2D eigenvalue weighted by Crippen LogP contribution is -2.65. The zero-order valence-corrected chi connectivity index (χ0v) is 33.6. The van der Waals surface area contributed by atoms with Crippen molar-refractivity contribution in [1.29, 1.82) is 0 Å². The molecule has 0 saturated carbocycles. The van der Waals surface area contributed by atoms with Gasteiger partial charge in [0.2, 0.25) is 11.4 Å². The van der Waals surface area contributed by atoms with Crippen LogP contribution in [0, 0.1) is 0 Å². The molecule has 6 rings (SSSR count). The molecular formula is C40H43N5O9S3. The summed E-state index contributed by atoms with van der Waals surface area (Å²) in [5.74, 6) is 8.44. The molecule has 0 saturated heterocycles. The number of nitrogens with two attached hydrogens (primary N) is 2. The van der Waals surface area contributed by atoms with Gasteiger partial charge in [0.1, 0.15) is 0 Å². The Morgan fingerprint density at radius 1 is 0.579 bits per heavy atom. The minimum absolute atomic E-state index is 0.867. The van der Waals surface area contributed by atoms with Crippen molar-refractivity contribution >= 4 is 72.0 Å². The zero-order valence-electron chi connectivity index (χ0n) is 31.1. The fourth-order valence-electron chi connectivity index (χ4n) is 4.75. The minimum Gasteiger partial charge on any atom is -0.691 e. The molecular weight excluding hydrogens is 791 g/mol. The molecule has 0 radical (unpaired) electrons. The van der Waals surface area contributed by atoms with Gasteiger partial charge in [-0.2, -0.15) is 41.5 Å². The molecule has 5 aromatic rings. The van der Waals surface area contributed by atoms with E-state index >= 15 is 0 Å².